The number of hydrogen-bond acceptors (Lipinski definition) is 7. The Bertz CT molecular complexity index is 1900. The lowest BCUT2D eigenvalue weighted by Gasteiger charge is -1.98. The zero-order valence-corrected chi connectivity index (χ0v) is 26.8. The first-order chi connectivity index (χ1) is 22.2. The Hall–Kier alpha value is -6.68. The van der Waals surface area contributed by atoms with E-state index in [2.05, 4.69) is 35.3 Å². The van der Waals surface area contributed by atoms with E-state index in [0.29, 0.717) is 33.8 Å². The summed E-state index contributed by atoms with van der Waals surface area (Å²) in [5.74, 6) is 0. The number of aryl methyl sites for hydroxylation is 3. The smallest absolute Gasteiger partial charge is 0.259 e. The fraction of sp³-hybridized carbons (Fsp3) is 0.125. The van der Waals surface area contributed by atoms with Crippen molar-refractivity contribution >= 4 is 61.4 Å². The van der Waals surface area contributed by atoms with Crippen molar-refractivity contribution < 1.29 is 14.8 Å². The molecule has 4 aromatic rings. The second-order valence-electron chi connectivity index (χ2n) is 9.15. The third-order valence-electron chi connectivity index (χ3n) is 5.95. The van der Waals surface area contributed by atoms with Gasteiger partial charge < -0.3 is 5.73 Å². The van der Waals surface area contributed by atoms with Crippen LogP contribution in [0.4, 0.5) is 45.5 Å². The molecule has 0 aliphatic rings. The van der Waals surface area contributed by atoms with Gasteiger partial charge in [-0.15, -0.1) is 0 Å². The van der Waals surface area contributed by atoms with Crippen molar-refractivity contribution in [3.8, 4) is 0 Å². The topological polar surface area (TPSA) is 173 Å². The van der Waals surface area contributed by atoms with Crippen molar-refractivity contribution in [2.45, 2.75) is 26.1 Å². The number of rotatable bonds is 4. The molecule has 236 valence electrons. The highest BCUT2D eigenvalue weighted by atomic mass is 79.9. The highest BCUT2D eigenvalue weighted by Gasteiger charge is 2.10. The minimum absolute atomic E-state index is 0.0356. The minimum Gasteiger partial charge on any atom is -0.400 e. The van der Waals surface area contributed by atoms with Crippen molar-refractivity contribution in [1.29, 1.82) is 0 Å². The monoisotopic (exact) mass is 696 g/mol. The van der Waals surface area contributed by atoms with Crippen molar-refractivity contribution in [3.63, 3.8) is 0 Å². The molecule has 0 amide bonds. The van der Waals surface area contributed by atoms with Gasteiger partial charge in [0, 0.05) is 47.4 Å². The van der Waals surface area contributed by atoms with Crippen molar-refractivity contribution in [3.05, 3.63) is 171 Å². The van der Waals surface area contributed by atoms with Gasteiger partial charge in [-0.25, -0.2) is 19.4 Å². The summed E-state index contributed by atoms with van der Waals surface area (Å²) in [6, 6.07) is 18.1. The number of nitro groups is 3. The van der Waals surface area contributed by atoms with E-state index in [1.807, 2.05) is 13.0 Å². The van der Waals surface area contributed by atoms with Crippen LogP contribution in [0.2, 0.25) is 0 Å². The maximum Gasteiger partial charge on any atom is 0.259 e. The molecule has 47 heavy (non-hydrogen) atoms. The van der Waals surface area contributed by atoms with Gasteiger partial charge >= 0.3 is 0 Å². The van der Waals surface area contributed by atoms with Crippen molar-refractivity contribution in [2.24, 2.45) is 0 Å². The zero-order chi connectivity index (χ0) is 35.7. The lowest BCUT2D eigenvalue weighted by atomic mass is 10.2. The SMILES string of the molecule is [C-]#[N+]c1cc(N)ccc1C.[C-]#[N+]c1cc([N+](=O)[O-])ccc1C.[C-]#[N+]c1cc([N+](=O)[O-])ccc1C.[C-]#[N+]c1cc([N+](=O)[O-])ccc1CBr. The van der Waals surface area contributed by atoms with Crippen LogP contribution in [0.5, 0.6) is 0 Å². The predicted octanol–water partition coefficient (Wildman–Crippen LogP) is 10.1. The Morgan fingerprint density at radius 1 is 0.574 bits per heavy atom. The number of nitrogen functional groups attached to an aromatic ring is 1. The van der Waals surface area contributed by atoms with Gasteiger partial charge in [0.25, 0.3) is 17.1 Å². The molecule has 0 aliphatic carbocycles. The van der Waals surface area contributed by atoms with E-state index in [0.717, 1.165) is 22.3 Å². The van der Waals surface area contributed by atoms with Gasteiger partial charge in [-0.3, -0.25) is 30.3 Å². The van der Waals surface area contributed by atoms with E-state index in [9.17, 15) is 30.3 Å². The summed E-state index contributed by atoms with van der Waals surface area (Å²) in [6.07, 6.45) is 0. The first-order valence-electron chi connectivity index (χ1n) is 12.9. The molecule has 14 nitrogen and oxygen atoms in total. The first kappa shape index (κ1) is 38.3. The highest BCUT2D eigenvalue weighted by Crippen LogP contribution is 2.27. The molecule has 2 N–H and O–H groups in total. The van der Waals surface area contributed by atoms with E-state index in [-0.39, 0.29) is 17.1 Å². The number of non-ortho nitro benzene ring substituents is 3. The van der Waals surface area contributed by atoms with Crippen LogP contribution in [0.1, 0.15) is 22.3 Å². The predicted molar refractivity (Wildman–Crippen MR) is 182 cm³/mol. The Kier molecular flexibility index (Phi) is 15.4. The van der Waals surface area contributed by atoms with Crippen LogP contribution >= 0.6 is 15.9 Å². The molecule has 0 unspecified atom stereocenters. The molecule has 0 fully saturated rings. The van der Waals surface area contributed by atoms with Crippen LogP contribution in [0.25, 0.3) is 19.4 Å². The molecular formula is C32H25BrN8O6. The zero-order valence-electron chi connectivity index (χ0n) is 25.2. The van der Waals surface area contributed by atoms with Gasteiger partial charge in [-0.05, 0) is 55.2 Å². The quantitative estimate of drug-likeness (QED) is 0.0726. The van der Waals surface area contributed by atoms with Crippen molar-refractivity contribution in [2.75, 3.05) is 5.73 Å². The molecule has 0 saturated heterocycles. The average Bonchev–Trinajstić information content (AvgIpc) is 3.06. The number of anilines is 1. The fourth-order valence-corrected chi connectivity index (χ4v) is 3.77. The average molecular weight is 698 g/mol. The summed E-state index contributed by atoms with van der Waals surface area (Å²) in [5, 5.41) is 31.5. The Morgan fingerprint density at radius 2 is 0.894 bits per heavy atom. The second kappa shape index (κ2) is 18.9. The Labute approximate surface area is 278 Å². The van der Waals surface area contributed by atoms with E-state index in [1.54, 1.807) is 44.2 Å². The molecule has 4 rings (SSSR count). The molecule has 0 bridgehead atoms. The summed E-state index contributed by atoms with van der Waals surface area (Å²) in [7, 11) is 0. The van der Waals surface area contributed by atoms with Gasteiger partial charge in [0.05, 0.1) is 41.1 Å². The van der Waals surface area contributed by atoms with Crippen molar-refractivity contribution in [1.82, 2.24) is 0 Å². The molecule has 0 saturated carbocycles. The van der Waals surface area contributed by atoms with Gasteiger partial charge in [0.1, 0.15) is 0 Å². The third kappa shape index (κ3) is 12.1. The number of alkyl halides is 1. The Morgan fingerprint density at radius 3 is 1.21 bits per heavy atom. The van der Waals surface area contributed by atoms with Gasteiger partial charge in [0.2, 0.25) is 0 Å². The van der Waals surface area contributed by atoms with Crippen LogP contribution in [0.15, 0.2) is 72.8 Å². The molecule has 0 spiro atoms. The Balaban J connectivity index is 0.000000315. The number of nitrogens with two attached hydrogens (primary N) is 1. The fourth-order valence-electron chi connectivity index (χ4n) is 3.29. The van der Waals surface area contributed by atoms with Crippen LogP contribution in [-0.2, 0) is 5.33 Å². The number of halogens is 1. The highest BCUT2D eigenvalue weighted by molar-refractivity contribution is 9.08. The molecule has 4 aromatic carbocycles. The molecule has 0 aliphatic heterocycles. The molecule has 0 aromatic heterocycles. The lowest BCUT2D eigenvalue weighted by Crippen LogP contribution is -1.88. The summed E-state index contributed by atoms with van der Waals surface area (Å²) in [6.45, 7) is 32.4. The van der Waals surface area contributed by atoms with Crippen LogP contribution in [-0.4, -0.2) is 14.8 Å². The third-order valence-corrected chi connectivity index (χ3v) is 6.55. The number of nitro benzene ring substituents is 3. The van der Waals surface area contributed by atoms with E-state index in [4.69, 9.17) is 32.0 Å². The second-order valence-corrected chi connectivity index (χ2v) is 9.71. The van der Waals surface area contributed by atoms with Crippen LogP contribution in [0, 0.1) is 77.4 Å². The van der Waals surface area contributed by atoms with Gasteiger partial charge in [-0.2, -0.15) is 0 Å². The number of benzene rings is 4. The largest absolute Gasteiger partial charge is 0.400 e. The summed E-state index contributed by atoms with van der Waals surface area (Å²) >= 11 is 3.20. The van der Waals surface area contributed by atoms with Crippen LogP contribution < -0.4 is 5.73 Å². The molecule has 0 radical (unpaired) electrons. The normalized spacial score (nSPS) is 9.02. The lowest BCUT2D eigenvalue weighted by molar-refractivity contribution is -0.385. The minimum atomic E-state index is -0.507. The molecular weight excluding hydrogens is 672 g/mol. The van der Waals surface area contributed by atoms with E-state index >= 15 is 0 Å². The standard InChI is InChI=1S/C8H5BrN2O2.2C8H6N2O2.C8H8N2/c1-10-8-4-7(11(12)13)3-2-6(8)5-9;2*1-6-3-4-7(10(11)12)5-8(6)9-2;1-6-3-4-7(9)5-8(6)10-2/h2-4H,5H2;2*3-5H,1H3;3-5H,9H2,1H3. The van der Waals surface area contributed by atoms with Crippen LogP contribution in [0.3, 0.4) is 0 Å². The maximum atomic E-state index is 10.4. The van der Waals surface area contributed by atoms with E-state index < -0.39 is 14.8 Å². The molecule has 15 heteroatoms. The summed E-state index contributed by atoms with van der Waals surface area (Å²) < 4.78 is 0. The molecule has 0 atom stereocenters. The van der Waals surface area contributed by atoms with E-state index in [1.165, 1.54) is 36.4 Å². The first-order valence-corrected chi connectivity index (χ1v) is 14.0. The summed E-state index contributed by atoms with van der Waals surface area (Å²) in [5.41, 5.74) is 10.9. The molecule has 0 heterocycles. The van der Waals surface area contributed by atoms with Gasteiger partial charge in [-0.1, -0.05) is 40.2 Å². The number of hydrogen-bond donors (Lipinski definition) is 1. The maximum absolute atomic E-state index is 10.4. The van der Waals surface area contributed by atoms with Gasteiger partial charge in [0.15, 0.2) is 22.7 Å². The summed E-state index contributed by atoms with van der Waals surface area (Å²) in [4.78, 5) is 42.2. The number of nitrogens with zero attached hydrogens (tertiary/aromatic N) is 7.